The summed E-state index contributed by atoms with van der Waals surface area (Å²) in [6.45, 7) is 2.09. The Bertz CT molecular complexity index is 845. The van der Waals surface area contributed by atoms with Gasteiger partial charge in [0.25, 0.3) is 0 Å². The highest BCUT2D eigenvalue weighted by molar-refractivity contribution is 5.92. The molecule has 0 saturated carbocycles. The Labute approximate surface area is 128 Å². The van der Waals surface area contributed by atoms with Gasteiger partial charge in [0.15, 0.2) is 0 Å². The maximum absolute atomic E-state index is 11.2. The molecule has 4 heteroatoms. The van der Waals surface area contributed by atoms with Gasteiger partial charge >= 0.3 is 5.97 Å². The maximum atomic E-state index is 11.2. The monoisotopic (exact) mass is 292 g/mol. The second-order valence-electron chi connectivity index (χ2n) is 5.02. The van der Waals surface area contributed by atoms with Crippen LogP contribution in [0.15, 0.2) is 60.9 Å². The Morgan fingerprint density at radius 1 is 1.18 bits per heavy atom. The molecule has 0 fully saturated rings. The second-order valence-corrected chi connectivity index (χ2v) is 5.02. The summed E-state index contributed by atoms with van der Waals surface area (Å²) >= 11 is 0. The number of imidazole rings is 1. The Hall–Kier alpha value is -2.88. The summed E-state index contributed by atoms with van der Waals surface area (Å²) in [5.74, 6) is -0.979. The molecule has 0 spiro atoms. The average molecular weight is 292 g/mol. The normalized spacial score (nSPS) is 11.8. The third-order valence-corrected chi connectivity index (χ3v) is 3.63. The van der Waals surface area contributed by atoms with E-state index in [-0.39, 0.29) is 0 Å². The number of aromatic nitrogens is 2. The van der Waals surface area contributed by atoms with Crippen molar-refractivity contribution in [3.8, 4) is 0 Å². The maximum Gasteiger partial charge on any atom is 0.330 e. The van der Waals surface area contributed by atoms with Gasteiger partial charge in [-0.15, -0.1) is 0 Å². The minimum absolute atomic E-state index is 0.601. The van der Waals surface area contributed by atoms with Crippen LogP contribution in [0.5, 0.6) is 0 Å². The second kappa shape index (κ2) is 5.85. The zero-order chi connectivity index (χ0) is 15.5. The highest BCUT2D eigenvalue weighted by Gasteiger charge is 2.10. The van der Waals surface area contributed by atoms with Gasteiger partial charge in [-0.05, 0) is 29.7 Å². The van der Waals surface area contributed by atoms with Gasteiger partial charge in [0.2, 0.25) is 0 Å². The smallest absolute Gasteiger partial charge is 0.330 e. The molecule has 1 heterocycles. The fourth-order valence-electron chi connectivity index (χ4n) is 2.47. The van der Waals surface area contributed by atoms with E-state index >= 15 is 0 Å². The number of para-hydroxylation sites is 2. The van der Waals surface area contributed by atoms with Crippen LogP contribution >= 0.6 is 0 Å². The van der Waals surface area contributed by atoms with E-state index in [1.807, 2.05) is 53.1 Å². The van der Waals surface area contributed by atoms with E-state index < -0.39 is 5.97 Å². The molecule has 4 nitrogen and oxygen atoms in total. The molecule has 1 aromatic heterocycles. The Kier molecular flexibility index (Phi) is 3.74. The van der Waals surface area contributed by atoms with Crippen LogP contribution in [0.4, 0.5) is 0 Å². The van der Waals surface area contributed by atoms with Crippen molar-refractivity contribution in [3.63, 3.8) is 0 Å². The van der Waals surface area contributed by atoms with Crippen molar-refractivity contribution in [1.82, 2.24) is 9.55 Å². The molecule has 0 aliphatic carbocycles. The van der Waals surface area contributed by atoms with Crippen LogP contribution < -0.4 is 0 Å². The van der Waals surface area contributed by atoms with Gasteiger partial charge in [-0.25, -0.2) is 9.78 Å². The number of carbonyl (C=O) groups is 1. The molecule has 22 heavy (non-hydrogen) atoms. The van der Waals surface area contributed by atoms with Crippen molar-refractivity contribution < 1.29 is 9.90 Å². The third-order valence-electron chi connectivity index (χ3n) is 3.63. The molecular weight excluding hydrogens is 276 g/mol. The lowest BCUT2D eigenvalue weighted by Crippen LogP contribution is -2.01. The number of benzene rings is 2. The first-order valence-electron chi connectivity index (χ1n) is 7.15. The lowest BCUT2D eigenvalue weighted by molar-refractivity contribution is -0.131. The predicted octanol–water partition coefficient (Wildman–Crippen LogP) is 3.57. The van der Waals surface area contributed by atoms with E-state index in [0.29, 0.717) is 5.70 Å². The summed E-state index contributed by atoms with van der Waals surface area (Å²) in [6.07, 6.45) is 3.83. The predicted molar refractivity (Wildman–Crippen MR) is 86.6 cm³/mol. The first kappa shape index (κ1) is 14.1. The van der Waals surface area contributed by atoms with E-state index in [0.717, 1.165) is 23.0 Å². The Balaban J connectivity index is 2.16. The van der Waals surface area contributed by atoms with Gasteiger partial charge in [-0.3, -0.25) is 4.57 Å². The number of fused-ring (bicyclic) bond motifs is 1. The SMILES string of the molecule is CCc1ccc(C(=CC(=O)O)n2cnc3ccccc32)cc1. The molecule has 1 N–H and O–H groups in total. The molecule has 0 unspecified atom stereocenters. The first-order chi connectivity index (χ1) is 10.7. The van der Waals surface area contributed by atoms with E-state index in [9.17, 15) is 9.90 Å². The van der Waals surface area contributed by atoms with Crippen molar-refractivity contribution >= 4 is 22.7 Å². The molecule has 0 bridgehead atoms. The number of carboxylic acid groups (broad SMARTS) is 1. The van der Waals surface area contributed by atoms with Crippen LogP contribution in [0, 0.1) is 0 Å². The molecule has 2 aromatic carbocycles. The average Bonchev–Trinajstić information content (AvgIpc) is 2.96. The van der Waals surface area contributed by atoms with Gasteiger partial charge in [0, 0.05) is 6.08 Å². The fraction of sp³-hybridized carbons (Fsp3) is 0.111. The van der Waals surface area contributed by atoms with Crippen LogP contribution in [0.1, 0.15) is 18.1 Å². The van der Waals surface area contributed by atoms with Crippen molar-refractivity contribution in [2.45, 2.75) is 13.3 Å². The molecule has 0 amide bonds. The van der Waals surface area contributed by atoms with Crippen molar-refractivity contribution in [2.75, 3.05) is 0 Å². The summed E-state index contributed by atoms with van der Waals surface area (Å²) in [7, 11) is 0. The van der Waals surface area contributed by atoms with Crippen LogP contribution in [0.25, 0.3) is 16.7 Å². The minimum atomic E-state index is -0.979. The van der Waals surface area contributed by atoms with Crippen molar-refractivity contribution in [3.05, 3.63) is 72.1 Å². The molecule has 3 aromatic rings. The van der Waals surface area contributed by atoms with Gasteiger partial charge in [0.1, 0.15) is 6.33 Å². The lowest BCUT2D eigenvalue weighted by atomic mass is 10.1. The molecule has 0 atom stereocenters. The van der Waals surface area contributed by atoms with E-state index in [4.69, 9.17) is 0 Å². The molecule has 0 saturated heterocycles. The summed E-state index contributed by atoms with van der Waals surface area (Å²) in [5.41, 5.74) is 4.39. The Morgan fingerprint density at radius 2 is 1.91 bits per heavy atom. The fourth-order valence-corrected chi connectivity index (χ4v) is 2.47. The lowest BCUT2D eigenvalue weighted by Gasteiger charge is -2.10. The topological polar surface area (TPSA) is 55.1 Å². The van der Waals surface area contributed by atoms with E-state index in [1.165, 1.54) is 11.6 Å². The molecule has 0 radical (unpaired) electrons. The number of aliphatic carboxylic acids is 1. The molecule has 0 aliphatic rings. The highest BCUT2D eigenvalue weighted by Crippen LogP contribution is 2.23. The van der Waals surface area contributed by atoms with Crippen LogP contribution in [-0.4, -0.2) is 20.6 Å². The van der Waals surface area contributed by atoms with Gasteiger partial charge in [-0.1, -0.05) is 43.3 Å². The molecule has 110 valence electrons. The number of aryl methyl sites for hydroxylation is 1. The van der Waals surface area contributed by atoms with Gasteiger partial charge in [-0.2, -0.15) is 0 Å². The van der Waals surface area contributed by atoms with E-state index in [1.54, 1.807) is 6.33 Å². The number of hydrogen-bond donors (Lipinski definition) is 1. The number of hydrogen-bond acceptors (Lipinski definition) is 2. The summed E-state index contributed by atoms with van der Waals surface area (Å²) < 4.78 is 1.81. The standard InChI is InChI=1S/C18H16N2O2/c1-2-13-7-9-14(10-8-13)17(11-18(21)22)20-12-19-15-5-3-4-6-16(15)20/h3-12H,2H2,1H3,(H,21,22). The molecular formula is C18H16N2O2. The highest BCUT2D eigenvalue weighted by atomic mass is 16.4. The van der Waals surface area contributed by atoms with Gasteiger partial charge in [0.05, 0.1) is 16.7 Å². The zero-order valence-corrected chi connectivity index (χ0v) is 12.2. The summed E-state index contributed by atoms with van der Waals surface area (Å²) in [6, 6.07) is 15.6. The number of carboxylic acids is 1. The van der Waals surface area contributed by atoms with E-state index in [2.05, 4.69) is 11.9 Å². The minimum Gasteiger partial charge on any atom is -0.478 e. The quantitative estimate of drug-likeness (QED) is 0.748. The Morgan fingerprint density at radius 3 is 2.59 bits per heavy atom. The van der Waals surface area contributed by atoms with Crippen LogP contribution in [-0.2, 0) is 11.2 Å². The third kappa shape index (κ3) is 2.63. The summed E-state index contributed by atoms with van der Waals surface area (Å²) in [5, 5.41) is 9.21. The van der Waals surface area contributed by atoms with Crippen molar-refractivity contribution in [1.29, 1.82) is 0 Å². The van der Waals surface area contributed by atoms with Gasteiger partial charge < -0.3 is 5.11 Å². The molecule has 3 rings (SSSR count). The largest absolute Gasteiger partial charge is 0.478 e. The molecule has 0 aliphatic heterocycles. The number of nitrogens with zero attached hydrogens (tertiary/aromatic N) is 2. The van der Waals surface area contributed by atoms with Crippen LogP contribution in [0.2, 0.25) is 0 Å². The zero-order valence-electron chi connectivity index (χ0n) is 12.2. The van der Waals surface area contributed by atoms with Crippen molar-refractivity contribution in [2.24, 2.45) is 0 Å². The summed E-state index contributed by atoms with van der Waals surface area (Å²) in [4.78, 5) is 15.6. The number of rotatable bonds is 4. The first-order valence-corrected chi connectivity index (χ1v) is 7.15. The van der Waals surface area contributed by atoms with Crippen LogP contribution in [0.3, 0.4) is 0 Å².